The number of sulfonamides is 1. The number of nitrogens with one attached hydrogen (secondary N) is 2. The van der Waals surface area contributed by atoms with Gasteiger partial charge < -0.3 is 4.52 Å². The third-order valence-corrected chi connectivity index (χ3v) is 3.41. The summed E-state index contributed by atoms with van der Waals surface area (Å²) in [5, 5.41) is 9.56. The van der Waals surface area contributed by atoms with Gasteiger partial charge in [-0.15, -0.1) is 0 Å². The summed E-state index contributed by atoms with van der Waals surface area (Å²) in [7, 11) is -3.68. The first-order valence-electron chi connectivity index (χ1n) is 4.46. The third-order valence-electron chi connectivity index (χ3n) is 2.15. The highest BCUT2D eigenvalue weighted by molar-refractivity contribution is 7.92. The van der Waals surface area contributed by atoms with Crippen molar-refractivity contribution in [3.63, 3.8) is 0 Å². The average molecular weight is 242 g/mol. The molecular formula is C8H10N4O3S. The van der Waals surface area contributed by atoms with Gasteiger partial charge >= 0.3 is 0 Å². The number of nitrogens with zero attached hydrogens (tertiary/aromatic N) is 2. The largest absolute Gasteiger partial charge is 0.337 e. The van der Waals surface area contributed by atoms with Crippen molar-refractivity contribution < 1.29 is 12.9 Å². The van der Waals surface area contributed by atoms with Crippen LogP contribution >= 0.6 is 0 Å². The Morgan fingerprint density at radius 2 is 2.19 bits per heavy atom. The van der Waals surface area contributed by atoms with Crippen molar-refractivity contribution in [1.82, 2.24) is 15.4 Å². The molecule has 86 valence electrons. The molecule has 0 unspecified atom stereocenters. The van der Waals surface area contributed by atoms with Gasteiger partial charge in [-0.1, -0.05) is 5.16 Å². The normalized spacial score (nSPS) is 11.6. The molecule has 0 bridgehead atoms. The molecule has 2 rings (SSSR count). The maximum absolute atomic E-state index is 11.8. The maximum atomic E-state index is 11.8. The summed E-state index contributed by atoms with van der Waals surface area (Å²) in [6.07, 6.45) is 1.35. The fourth-order valence-electron chi connectivity index (χ4n) is 1.08. The lowest BCUT2D eigenvalue weighted by Crippen LogP contribution is -2.13. The Balaban J connectivity index is 2.32. The van der Waals surface area contributed by atoms with Gasteiger partial charge in [-0.05, 0) is 19.9 Å². The van der Waals surface area contributed by atoms with Gasteiger partial charge in [0.1, 0.15) is 0 Å². The molecule has 2 aromatic heterocycles. The Bertz CT molecular complexity index is 585. The molecule has 0 fully saturated rings. The van der Waals surface area contributed by atoms with Crippen LogP contribution in [-0.4, -0.2) is 23.8 Å². The van der Waals surface area contributed by atoms with E-state index in [4.69, 9.17) is 4.52 Å². The molecule has 2 N–H and O–H groups in total. The first-order valence-corrected chi connectivity index (χ1v) is 5.94. The number of aromatic amines is 1. The van der Waals surface area contributed by atoms with Crippen LogP contribution in [0, 0.1) is 13.8 Å². The zero-order valence-corrected chi connectivity index (χ0v) is 9.50. The van der Waals surface area contributed by atoms with Crippen molar-refractivity contribution >= 4 is 15.9 Å². The van der Waals surface area contributed by atoms with Crippen LogP contribution in [0.3, 0.4) is 0 Å². The van der Waals surface area contributed by atoms with Crippen molar-refractivity contribution in [1.29, 1.82) is 0 Å². The van der Waals surface area contributed by atoms with E-state index in [1.807, 2.05) is 0 Å². The fraction of sp³-hybridized carbons (Fsp3) is 0.250. The van der Waals surface area contributed by atoms with E-state index in [1.165, 1.54) is 12.3 Å². The van der Waals surface area contributed by atoms with Gasteiger partial charge in [-0.25, -0.2) is 4.72 Å². The lowest BCUT2D eigenvalue weighted by molar-refractivity contribution is 0.430. The topological polar surface area (TPSA) is 101 Å². The summed E-state index contributed by atoms with van der Waals surface area (Å²) in [4.78, 5) is 0. The van der Waals surface area contributed by atoms with E-state index in [9.17, 15) is 8.42 Å². The summed E-state index contributed by atoms with van der Waals surface area (Å²) < 4.78 is 30.6. The van der Waals surface area contributed by atoms with Crippen LogP contribution in [0.15, 0.2) is 21.8 Å². The lowest BCUT2D eigenvalue weighted by atomic mass is 10.3. The number of aryl methyl sites for hydroxylation is 1. The SMILES string of the molecule is Cc1noc(NS(=O)(=O)c2ccn[nH]2)c1C. The molecule has 2 aromatic rings. The molecule has 0 amide bonds. The van der Waals surface area contributed by atoms with E-state index >= 15 is 0 Å². The van der Waals surface area contributed by atoms with Crippen LogP contribution < -0.4 is 4.72 Å². The van der Waals surface area contributed by atoms with Crippen LogP contribution in [0.4, 0.5) is 5.88 Å². The Morgan fingerprint density at radius 3 is 2.69 bits per heavy atom. The minimum Gasteiger partial charge on any atom is -0.337 e. The summed E-state index contributed by atoms with van der Waals surface area (Å²) in [5.41, 5.74) is 1.30. The van der Waals surface area contributed by atoms with E-state index in [-0.39, 0.29) is 10.9 Å². The molecule has 0 atom stereocenters. The second-order valence-electron chi connectivity index (χ2n) is 3.25. The molecule has 0 saturated carbocycles. The number of H-pyrrole nitrogens is 1. The molecule has 0 radical (unpaired) electrons. The third kappa shape index (κ3) is 1.78. The van der Waals surface area contributed by atoms with Crippen LogP contribution in [0.2, 0.25) is 0 Å². The maximum Gasteiger partial charge on any atom is 0.281 e. The van der Waals surface area contributed by atoms with Crippen molar-refractivity contribution in [3.05, 3.63) is 23.5 Å². The first kappa shape index (κ1) is 10.7. The fourth-order valence-corrected chi connectivity index (χ4v) is 2.04. The molecule has 0 aliphatic rings. The smallest absolute Gasteiger partial charge is 0.281 e. The van der Waals surface area contributed by atoms with Crippen LogP contribution in [-0.2, 0) is 10.0 Å². The monoisotopic (exact) mass is 242 g/mol. The van der Waals surface area contributed by atoms with E-state index in [0.717, 1.165) is 0 Å². The van der Waals surface area contributed by atoms with Crippen LogP contribution in [0.25, 0.3) is 0 Å². The highest BCUT2D eigenvalue weighted by atomic mass is 32.2. The second-order valence-corrected chi connectivity index (χ2v) is 4.90. The van der Waals surface area contributed by atoms with Gasteiger partial charge in [-0.3, -0.25) is 5.10 Å². The standard InChI is InChI=1S/C8H10N4O3S/c1-5-6(2)11-15-8(5)12-16(13,14)7-3-4-9-10-7/h3-4,12H,1-2H3,(H,9,10). The first-order chi connectivity index (χ1) is 7.50. The van der Waals surface area contributed by atoms with Gasteiger partial charge in [0, 0.05) is 5.56 Å². The van der Waals surface area contributed by atoms with Gasteiger partial charge in [0.25, 0.3) is 10.0 Å². The predicted octanol–water partition coefficient (Wildman–Crippen LogP) is 0.815. The summed E-state index contributed by atoms with van der Waals surface area (Å²) in [5.74, 6) is 0.118. The molecule has 2 heterocycles. The molecule has 8 heteroatoms. The van der Waals surface area contributed by atoms with Crippen molar-refractivity contribution in [3.8, 4) is 0 Å². The number of hydrogen-bond acceptors (Lipinski definition) is 5. The number of aromatic nitrogens is 3. The quantitative estimate of drug-likeness (QED) is 0.829. The zero-order valence-electron chi connectivity index (χ0n) is 8.68. The molecule has 0 aliphatic heterocycles. The summed E-state index contributed by atoms with van der Waals surface area (Å²) in [6, 6.07) is 1.35. The molecule has 0 aromatic carbocycles. The van der Waals surface area contributed by atoms with E-state index < -0.39 is 10.0 Å². The molecule has 0 spiro atoms. The Labute approximate surface area is 91.9 Å². The van der Waals surface area contributed by atoms with Crippen molar-refractivity contribution in [2.75, 3.05) is 4.72 Å². The Morgan fingerprint density at radius 1 is 1.44 bits per heavy atom. The molecule has 7 nitrogen and oxygen atoms in total. The molecular weight excluding hydrogens is 232 g/mol. The highest BCUT2D eigenvalue weighted by Crippen LogP contribution is 2.20. The van der Waals surface area contributed by atoms with Gasteiger partial charge in [0.05, 0.1) is 11.9 Å². The van der Waals surface area contributed by atoms with Gasteiger partial charge in [0.15, 0.2) is 5.03 Å². The minimum atomic E-state index is -3.68. The highest BCUT2D eigenvalue weighted by Gasteiger charge is 2.19. The zero-order chi connectivity index (χ0) is 11.8. The molecule has 0 aliphatic carbocycles. The molecule has 16 heavy (non-hydrogen) atoms. The van der Waals surface area contributed by atoms with E-state index in [1.54, 1.807) is 13.8 Å². The summed E-state index contributed by atoms with van der Waals surface area (Å²) in [6.45, 7) is 3.45. The predicted molar refractivity (Wildman–Crippen MR) is 55.4 cm³/mol. The van der Waals surface area contributed by atoms with Crippen molar-refractivity contribution in [2.45, 2.75) is 18.9 Å². The van der Waals surface area contributed by atoms with E-state index in [2.05, 4.69) is 20.1 Å². The van der Waals surface area contributed by atoms with E-state index in [0.29, 0.717) is 11.3 Å². The van der Waals surface area contributed by atoms with Crippen molar-refractivity contribution in [2.24, 2.45) is 0 Å². The molecule has 0 saturated heterocycles. The number of anilines is 1. The number of hydrogen-bond donors (Lipinski definition) is 2. The van der Waals surface area contributed by atoms with Gasteiger partial charge in [0.2, 0.25) is 5.88 Å². The minimum absolute atomic E-state index is 0.0269. The Kier molecular flexibility index (Phi) is 2.43. The number of rotatable bonds is 3. The second kappa shape index (κ2) is 3.63. The Hall–Kier alpha value is -1.83. The average Bonchev–Trinajstić information content (AvgIpc) is 2.83. The van der Waals surface area contributed by atoms with Gasteiger partial charge in [-0.2, -0.15) is 13.5 Å². The van der Waals surface area contributed by atoms with Crippen LogP contribution in [0.5, 0.6) is 0 Å². The van der Waals surface area contributed by atoms with Crippen LogP contribution in [0.1, 0.15) is 11.3 Å². The lowest BCUT2D eigenvalue weighted by Gasteiger charge is -2.02. The summed E-state index contributed by atoms with van der Waals surface area (Å²) >= 11 is 0.